The molecule has 2 atom stereocenters. The standard InChI is InChI=1S/C25H25ClN2O4/c1-15-2-7-21(12-22(15)25(30)31)32-20-8-4-16-3-6-19(10-18(16)11-20)27-14-23(29)17-5-9-24(26)28-13-17/h2,4-5,7-9,11-13,19,23,27,29H,3,6,10,14H2,1H3,(H,30,31)/t19-,23-/m0/s1. The van der Waals surface area contributed by atoms with Crippen molar-refractivity contribution in [2.24, 2.45) is 0 Å². The molecule has 0 unspecified atom stereocenters. The van der Waals surface area contributed by atoms with E-state index >= 15 is 0 Å². The minimum atomic E-state index is -0.969. The second kappa shape index (κ2) is 9.69. The van der Waals surface area contributed by atoms with E-state index in [4.69, 9.17) is 16.3 Å². The van der Waals surface area contributed by atoms with Gasteiger partial charge in [-0.25, -0.2) is 9.78 Å². The van der Waals surface area contributed by atoms with Gasteiger partial charge in [-0.2, -0.15) is 0 Å². The van der Waals surface area contributed by atoms with Crippen molar-refractivity contribution in [2.45, 2.75) is 38.3 Å². The summed E-state index contributed by atoms with van der Waals surface area (Å²) in [5.74, 6) is 0.207. The van der Waals surface area contributed by atoms with Crippen LogP contribution in [-0.4, -0.2) is 33.8 Å². The number of aliphatic hydroxyl groups excluding tert-OH is 1. The number of hydrogen-bond acceptors (Lipinski definition) is 5. The maximum atomic E-state index is 11.4. The summed E-state index contributed by atoms with van der Waals surface area (Å²) < 4.78 is 5.95. The number of nitrogens with one attached hydrogen (secondary N) is 1. The maximum absolute atomic E-state index is 11.4. The molecule has 0 aliphatic heterocycles. The summed E-state index contributed by atoms with van der Waals surface area (Å²) in [5, 5.41) is 23.6. The highest BCUT2D eigenvalue weighted by molar-refractivity contribution is 6.29. The Labute approximate surface area is 191 Å². The number of rotatable bonds is 7. The summed E-state index contributed by atoms with van der Waals surface area (Å²) in [5.41, 5.74) is 4.14. The Morgan fingerprint density at radius 3 is 2.72 bits per heavy atom. The smallest absolute Gasteiger partial charge is 0.336 e. The Bertz CT molecular complexity index is 1120. The number of ether oxygens (including phenoxy) is 1. The van der Waals surface area contributed by atoms with Crippen molar-refractivity contribution in [2.75, 3.05) is 6.54 Å². The van der Waals surface area contributed by atoms with Crippen LogP contribution in [-0.2, 0) is 12.8 Å². The van der Waals surface area contributed by atoms with Crippen molar-refractivity contribution in [3.63, 3.8) is 0 Å². The highest BCUT2D eigenvalue weighted by Crippen LogP contribution is 2.30. The first-order chi connectivity index (χ1) is 15.4. The molecular weight excluding hydrogens is 428 g/mol. The number of halogens is 1. The molecule has 7 heteroatoms. The van der Waals surface area contributed by atoms with Crippen molar-refractivity contribution in [3.05, 3.63) is 87.7 Å². The van der Waals surface area contributed by atoms with Crippen LogP contribution in [0.1, 0.15) is 45.1 Å². The number of aromatic carboxylic acids is 1. The van der Waals surface area contributed by atoms with Gasteiger partial charge in [0.25, 0.3) is 0 Å². The average molecular weight is 453 g/mol. The Kier molecular flexibility index (Phi) is 6.74. The van der Waals surface area contributed by atoms with E-state index in [9.17, 15) is 15.0 Å². The van der Waals surface area contributed by atoms with E-state index in [-0.39, 0.29) is 11.6 Å². The molecule has 1 aliphatic carbocycles. The SMILES string of the molecule is Cc1ccc(Oc2ccc3c(c2)C[C@@H](NC[C@H](O)c2ccc(Cl)nc2)CC3)cc1C(=O)O. The zero-order chi connectivity index (χ0) is 22.7. The third kappa shape index (κ3) is 5.27. The van der Waals surface area contributed by atoms with Crippen molar-refractivity contribution in [1.29, 1.82) is 0 Å². The van der Waals surface area contributed by atoms with Gasteiger partial charge in [0.05, 0.1) is 11.7 Å². The summed E-state index contributed by atoms with van der Waals surface area (Å²) in [4.78, 5) is 15.4. The van der Waals surface area contributed by atoms with Gasteiger partial charge in [-0.1, -0.05) is 29.8 Å². The van der Waals surface area contributed by atoms with Gasteiger partial charge in [0.2, 0.25) is 0 Å². The second-order valence-electron chi connectivity index (χ2n) is 8.09. The minimum Gasteiger partial charge on any atom is -0.478 e. The van der Waals surface area contributed by atoms with Crippen molar-refractivity contribution in [1.82, 2.24) is 10.3 Å². The molecule has 3 N–H and O–H groups in total. The zero-order valence-corrected chi connectivity index (χ0v) is 18.5. The Balaban J connectivity index is 1.40. The molecule has 0 fully saturated rings. The Morgan fingerprint density at radius 2 is 1.97 bits per heavy atom. The van der Waals surface area contributed by atoms with E-state index in [0.29, 0.717) is 28.8 Å². The Hall–Kier alpha value is -2.93. The van der Waals surface area contributed by atoms with Gasteiger partial charge in [0.15, 0.2) is 0 Å². The number of aryl methyl sites for hydroxylation is 2. The topological polar surface area (TPSA) is 91.7 Å². The molecule has 166 valence electrons. The first kappa shape index (κ1) is 22.3. The number of aromatic nitrogens is 1. The molecule has 0 saturated carbocycles. The van der Waals surface area contributed by atoms with Crippen molar-refractivity contribution in [3.8, 4) is 11.5 Å². The lowest BCUT2D eigenvalue weighted by atomic mass is 9.88. The van der Waals surface area contributed by atoms with Crippen LogP contribution in [0.5, 0.6) is 11.5 Å². The quantitative estimate of drug-likeness (QED) is 0.449. The van der Waals surface area contributed by atoms with E-state index in [2.05, 4.69) is 16.4 Å². The number of carbonyl (C=O) groups is 1. The number of carboxylic acid groups (broad SMARTS) is 1. The number of nitrogens with zero attached hydrogens (tertiary/aromatic N) is 1. The lowest BCUT2D eigenvalue weighted by molar-refractivity contribution is 0.0695. The predicted molar refractivity (Wildman–Crippen MR) is 123 cm³/mol. The third-order valence-electron chi connectivity index (χ3n) is 5.82. The molecule has 1 aromatic heterocycles. The maximum Gasteiger partial charge on any atom is 0.336 e. The molecular formula is C25H25ClN2O4. The normalized spacial score (nSPS) is 16.3. The van der Waals surface area contributed by atoms with Gasteiger partial charge >= 0.3 is 5.97 Å². The molecule has 2 aromatic carbocycles. The molecule has 1 heterocycles. The number of pyridine rings is 1. The molecule has 0 bridgehead atoms. The second-order valence-corrected chi connectivity index (χ2v) is 8.48. The summed E-state index contributed by atoms with van der Waals surface area (Å²) >= 11 is 5.81. The van der Waals surface area contributed by atoms with Crippen LogP contribution >= 0.6 is 11.6 Å². The van der Waals surface area contributed by atoms with Crippen LogP contribution < -0.4 is 10.1 Å². The molecule has 3 aromatic rings. The fourth-order valence-corrected chi connectivity index (χ4v) is 4.09. The number of aliphatic hydroxyl groups is 1. The molecule has 4 rings (SSSR count). The summed E-state index contributed by atoms with van der Waals surface area (Å²) in [7, 11) is 0. The summed E-state index contributed by atoms with van der Waals surface area (Å²) in [6.45, 7) is 2.19. The molecule has 0 saturated heterocycles. The zero-order valence-electron chi connectivity index (χ0n) is 17.7. The van der Waals surface area contributed by atoms with Gasteiger partial charge in [0.1, 0.15) is 16.7 Å². The molecule has 6 nitrogen and oxygen atoms in total. The monoisotopic (exact) mass is 452 g/mol. The average Bonchev–Trinajstić information content (AvgIpc) is 2.78. The number of carboxylic acids is 1. The third-order valence-corrected chi connectivity index (χ3v) is 6.04. The summed E-state index contributed by atoms with van der Waals surface area (Å²) in [6.07, 6.45) is 3.70. The lowest BCUT2D eigenvalue weighted by Crippen LogP contribution is -2.37. The number of benzene rings is 2. The van der Waals surface area contributed by atoms with E-state index < -0.39 is 12.1 Å². The van der Waals surface area contributed by atoms with Gasteiger partial charge < -0.3 is 20.3 Å². The fraction of sp³-hybridized carbons (Fsp3) is 0.280. The van der Waals surface area contributed by atoms with Gasteiger partial charge in [0, 0.05) is 24.3 Å². The van der Waals surface area contributed by atoms with Crippen molar-refractivity contribution >= 4 is 17.6 Å². The largest absolute Gasteiger partial charge is 0.478 e. The predicted octanol–water partition coefficient (Wildman–Crippen LogP) is 4.71. The van der Waals surface area contributed by atoms with Crippen LogP contribution in [0.4, 0.5) is 0 Å². The van der Waals surface area contributed by atoms with Crippen LogP contribution in [0.2, 0.25) is 5.15 Å². The Morgan fingerprint density at radius 1 is 1.19 bits per heavy atom. The molecule has 0 amide bonds. The van der Waals surface area contributed by atoms with Gasteiger partial charge in [-0.15, -0.1) is 0 Å². The first-order valence-corrected chi connectivity index (χ1v) is 10.9. The lowest BCUT2D eigenvalue weighted by Gasteiger charge is -2.27. The van der Waals surface area contributed by atoms with Crippen LogP contribution in [0.15, 0.2) is 54.7 Å². The molecule has 32 heavy (non-hydrogen) atoms. The van der Waals surface area contributed by atoms with Crippen LogP contribution in [0, 0.1) is 6.92 Å². The highest BCUT2D eigenvalue weighted by Gasteiger charge is 2.20. The van der Waals surface area contributed by atoms with E-state index in [1.807, 2.05) is 12.1 Å². The highest BCUT2D eigenvalue weighted by atomic mass is 35.5. The summed E-state index contributed by atoms with van der Waals surface area (Å²) in [6, 6.07) is 14.8. The molecule has 1 aliphatic rings. The fourth-order valence-electron chi connectivity index (χ4n) is 3.98. The first-order valence-electron chi connectivity index (χ1n) is 10.6. The number of hydrogen-bond donors (Lipinski definition) is 3. The van der Waals surface area contributed by atoms with Gasteiger partial charge in [-0.3, -0.25) is 0 Å². The van der Waals surface area contributed by atoms with Crippen molar-refractivity contribution < 1.29 is 19.7 Å². The van der Waals surface area contributed by atoms with E-state index in [1.54, 1.807) is 43.5 Å². The number of fused-ring (bicyclic) bond motifs is 1. The van der Waals surface area contributed by atoms with E-state index in [0.717, 1.165) is 24.8 Å². The van der Waals surface area contributed by atoms with Crippen LogP contribution in [0.25, 0.3) is 0 Å². The van der Waals surface area contributed by atoms with E-state index in [1.165, 1.54) is 11.1 Å². The van der Waals surface area contributed by atoms with Gasteiger partial charge in [-0.05, 0) is 73.2 Å². The molecule has 0 spiro atoms. The minimum absolute atomic E-state index is 0.235. The van der Waals surface area contributed by atoms with Crippen LogP contribution in [0.3, 0.4) is 0 Å². The molecule has 0 radical (unpaired) electrons.